The van der Waals surface area contributed by atoms with E-state index in [1.165, 1.54) is 12.1 Å². The number of furan rings is 1. The zero-order chi connectivity index (χ0) is 12.4. The Morgan fingerprint density at radius 3 is 2.88 bits per heavy atom. The first kappa shape index (κ1) is 12.0. The number of rotatable bonds is 3. The highest BCUT2D eigenvalue weighted by molar-refractivity contribution is 6.29. The molecule has 1 fully saturated rings. The van der Waals surface area contributed by atoms with E-state index in [-0.39, 0.29) is 29.2 Å². The molecule has 0 spiro atoms. The summed E-state index contributed by atoms with van der Waals surface area (Å²) in [5, 5.41) is 8.86. The maximum absolute atomic E-state index is 11.9. The third kappa shape index (κ3) is 2.79. The lowest BCUT2D eigenvalue weighted by molar-refractivity contribution is -0.138. The Morgan fingerprint density at radius 2 is 2.29 bits per heavy atom. The molecule has 1 aromatic rings. The summed E-state index contributed by atoms with van der Waals surface area (Å²) in [6, 6.07) is 3.04. The van der Waals surface area contributed by atoms with Gasteiger partial charge in [-0.3, -0.25) is 9.59 Å². The maximum Gasteiger partial charge on any atom is 0.303 e. The van der Waals surface area contributed by atoms with Crippen LogP contribution in [0, 0.1) is 5.92 Å². The number of carboxylic acids is 1. The van der Waals surface area contributed by atoms with Gasteiger partial charge in [0.2, 0.25) is 0 Å². The van der Waals surface area contributed by atoms with Crippen molar-refractivity contribution in [3.63, 3.8) is 0 Å². The first-order valence-electron chi connectivity index (χ1n) is 5.32. The van der Waals surface area contributed by atoms with Crippen LogP contribution in [0.25, 0.3) is 0 Å². The molecule has 1 amide bonds. The van der Waals surface area contributed by atoms with Crippen LogP contribution in [0.5, 0.6) is 0 Å². The fourth-order valence-corrected chi connectivity index (χ4v) is 2.16. The number of hydrogen-bond donors (Lipinski definition) is 1. The van der Waals surface area contributed by atoms with Crippen LogP contribution < -0.4 is 0 Å². The van der Waals surface area contributed by atoms with Crippen molar-refractivity contribution in [1.82, 2.24) is 4.90 Å². The number of carbonyl (C=O) groups is 2. The van der Waals surface area contributed by atoms with Crippen molar-refractivity contribution in [3.8, 4) is 0 Å². The molecule has 1 aliphatic heterocycles. The lowest BCUT2D eigenvalue weighted by Gasteiger charge is -2.14. The molecular weight excluding hydrogens is 246 g/mol. The Balaban J connectivity index is 1.96. The molecule has 0 saturated carbocycles. The van der Waals surface area contributed by atoms with E-state index in [9.17, 15) is 9.59 Å². The van der Waals surface area contributed by atoms with Crippen molar-refractivity contribution in [2.24, 2.45) is 5.92 Å². The van der Waals surface area contributed by atoms with Crippen LogP contribution in [0.4, 0.5) is 0 Å². The minimum absolute atomic E-state index is 0.0295. The van der Waals surface area contributed by atoms with Gasteiger partial charge in [-0.25, -0.2) is 0 Å². The van der Waals surface area contributed by atoms with E-state index in [4.69, 9.17) is 21.1 Å². The van der Waals surface area contributed by atoms with E-state index in [0.717, 1.165) is 0 Å². The Labute approximate surface area is 103 Å². The van der Waals surface area contributed by atoms with E-state index >= 15 is 0 Å². The smallest absolute Gasteiger partial charge is 0.303 e. The molecule has 0 aliphatic carbocycles. The highest BCUT2D eigenvalue weighted by Crippen LogP contribution is 2.23. The SMILES string of the molecule is O=C(O)CC1CCN(C(=O)c2ccc(Cl)o2)C1. The third-order valence-electron chi connectivity index (χ3n) is 2.82. The van der Waals surface area contributed by atoms with E-state index in [0.29, 0.717) is 19.5 Å². The summed E-state index contributed by atoms with van der Waals surface area (Å²) in [6.45, 7) is 1.03. The van der Waals surface area contributed by atoms with Gasteiger partial charge in [0.05, 0.1) is 0 Å². The van der Waals surface area contributed by atoms with Crippen LogP contribution in [0.1, 0.15) is 23.4 Å². The van der Waals surface area contributed by atoms with Gasteiger partial charge in [-0.05, 0) is 36.1 Å². The molecule has 5 nitrogen and oxygen atoms in total. The largest absolute Gasteiger partial charge is 0.481 e. The molecule has 1 saturated heterocycles. The van der Waals surface area contributed by atoms with Gasteiger partial charge in [0.15, 0.2) is 11.0 Å². The topological polar surface area (TPSA) is 70.8 Å². The maximum atomic E-state index is 11.9. The van der Waals surface area contributed by atoms with Gasteiger partial charge in [-0.1, -0.05) is 0 Å². The van der Waals surface area contributed by atoms with Crippen LogP contribution in [0.2, 0.25) is 5.22 Å². The molecular formula is C11H12ClNO4. The summed E-state index contributed by atoms with van der Waals surface area (Å²) in [5.41, 5.74) is 0. The van der Waals surface area contributed by atoms with Gasteiger partial charge < -0.3 is 14.4 Å². The molecule has 2 rings (SSSR count). The molecule has 17 heavy (non-hydrogen) atoms. The molecule has 0 radical (unpaired) electrons. The van der Waals surface area contributed by atoms with Crippen molar-refractivity contribution >= 4 is 23.5 Å². The number of aliphatic carboxylic acids is 1. The molecule has 1 unspecified atom stereocenters. The lowest BCUT2D eigenvalue weighted by Crippen LogP contribution is -2.28. The van der Waals surface area contributed by atoms with E-state index < -0.39 is 5.97 Å². The Hall–Kier alpha value is -1.49. The number of nitrogens with zero attached hydrogens (tertiary/aromatic N) is 1. The second kappa shape index (κ2) is 4.79. The van der Waals surface area contributed by atoms with Crippen molar-refractivity contribution in [2.45, 2.75) is 12.8 Å². The highest BCUT2D eigenvalue weighted by Gasteiger charge is 2.29. The summed E-state index contributed by atoms with van der Waals surface area (Å²) >= 11 is 5.59. The summed E-state index contributed by atoms with van der Waals surface area (Å²) in [6.07, 6.45) is 0.815. The second-order valence-corrected chi connectivity index (χ2v) is 4.48. The van der Waals surface area contributed by atoms with Gasteiger partial charge in [0.1, 0.15) is 0 Å². The van der Waals surface area contributed by atoms with Gasteiger partial charge in [0.25, 0.3) is 5.91 Å². The van der Waals surface area contributed by atoms with Gasteiger partial charge in [0, 0.05) is 19.5 Å². The molecule has 0 aromatic carbocycles. The minimum atomic E-state index is -0.828. The Bertz CT molecular complexity index is 442. The van der Waals surface area contributed by atoms with Crippen LogP contribution >= 0.6 is 11.6 Å². The monoisotopic (exact) mass is 257 g/mol. The molecule has 0 bridgehead atoms. The third-order valence-corrected chi connectivity index (χ3v) is 3.02. The van der Waals surface area contributed by atoms with Crippen molar-refractivity contribution in [1.29, 1.82) is 0 Å². The molecule has 1 aliphatic rings. The summed E-state index contributed by atoms with van der Waals surface area (Å²) in [5.74, 6) is -0.831. The molecule has 1 aromatic heterocycles. The molecule has 92 valence electrons. The standard InChI is InChI=1S/C11H12ClNO4/c12-9-2-1-8(17-9)11(16)13-4-3-7(6-13)5-10(14)15/h1-2,7H,3-6H2,(H,14,15). The fraction of sp³-hybridized carbons (Fsp3) is 0.455. The first-order chi connectivity index (χ1) is 8.06. The quantitative estimate of drug-likeness (QED) is 0.897. The number of likely N-dealkylation sites (tertiary alicyclic amines) is 1. The predicted octanol–water partition coefficient (Wildman–Crippen LogP) is 1.87. The molecule has 2 heterocycles. The second-order valence-electron chi connectivity index (χ2n) is 4.11. The molecule has 1 N–H and O–H groups in total. The highest BCUT2D eigenvalue weighted by atomic mass is 35.5. The normalized spacial score (nSPS) is 19.6. The number of amides is 1. The Kier molecular flexibility index (Phi) is 3.38. The van der Waals surface area contributed by atoms with Crippen LogP contribution in [-0.2, 0) is 4.79 Å². The lowest BCUT2D eigenvalue weighted by atomic mass is 10.1. The van der Waals surface area contributed by atoms with Gasteiger partial charge in [-0.2, -0.15) is 0 Å². The number of hydrogen-bond acceptors (Lipinski definition) is 3. The molecule has 6 heteroatoms. The van der Waals surface area contributed by atoms with Crippen LogP contribution in [0.15, 0.2) is 16.5 Å². The minimum Gasteiger partial charge on any atom is -0.481 e. The predicted molar refractivity (Wildman–Crippen MR) is 60.0 cm³/mol. The van der Waals surface area contributed by atoms with Gasteiger partial charge in [-0.15, -0.1) is 0 Å². The zero-order valence-electron chi connectivity index (χ0n) is 9.06. The van der Waals surface area contributed by atoms with E-state index in [1.54, 1.807) is 4.90 Å². The van der Waals surface area contributed by atoms with Crippen molar-refractivity contribution in [2.75, 3.05) is 13.1 Å². The number of carbonyl (C=O) groups excluding carboxylic acids is 1. The van der Waals surface area contributed by atoms with E-state index in [1.807, 2.05) is 0 Å². The van der Waals surface area contributed by atoms with Crippen LogP contribution in [0.3, 0.4) is 0 Å². The molecule has 1 atom stereocenters. The van der Waals surface area contributed by atoms with E-state index in [2.05, 4.69) is 0 Å². The number of halogens is 1. The van der Waals surface area contributed by atoms with Gasteiger partial charge >= 0.3 is 5.97 Å². The number of carboxylic acid groups (broad SMARTS) is 1. The Morgan fingerprint density at radius 1 is 1.53 bits per heavy atom. The van der Waals surface area contributed by atoms with Crippen molar-refractivity contribution in [3.05, 3.63) is 23.1 Å². The van der Waals surface area contributed by atoms with Crippen molar-refractivity contribution < 1.29 is 19.1 Å². The average molecular weight is 258 g/mol. The first-order valence-corrected chi connectivity index (χ1v) is 5.70. The summed E-state index contributed by atoms with van der Waals surface area (Å²) in [7, 11) is 0. The zero-order valence-corrected chi connectivity index (χ0v) is 9.81. The summed E-state index contributed by atoms with van der Waals surface area (Å²) in [4.78, 5) is 24.1. The summed E-state index contributed by atoms with van der Waals surface area (Å²) < 4.78 is 5.03. The fourth-order valence-electron chi connectivity index (χ4n) is 2.02. The average Bonchev–Trinajstić information content (AvgIpc) is 2.85. The van der Waals surface area contributed by atoms with Crippen LogP contribution in [-0.4, -0.2) is 35.0 Å².